The molecule has 6 heteroatoms. The molecule has 0 unspecified atom stereocenters. The van der Waals surface area contributed by atoms with Gasteiger partial charge < -0.3 is 19.7 Å². The second-order valence-electron chi connectivity index (χ2n) is 6.50. The number of benzene rings is 2. The number of aliphatic hydroxyl groups excluding tert-OH is 1. The molecule has 0 aromatic heterocycles. The van der Waals surface area contributed by atoms with Crippen LogP contribution in [0.1, 0.15) is 30.1 Å². The number of carboxylic acids is 1. The Balaban J connectivity index is 1.91. The first-order chi connectivity index (χ1) is 13.6. The molecule has 0 fully saturated rings. The highest BCUT2D eigenvalue weighted by molar-refractivity contribution is 5.99. The first kappa shape index (κ1) is 19.6. The van der Waals surface area contributed by atoms with Gasteiger partial charge >= 0.3 is 5.97 Å². The van der Waals surface area contributed by atoms with Crippen LogP contribution >= 0.6 is 0 Å². The van der Waals surface area contributed by atoms with Gasteiger partial charge in [-0.3, -0.25) is 0 Å². The number of hydrogen-bond acceptors (Lipinski definition) is 5. The lowest BCUT2D eigenvalue weighted by Gasteiger charge is -2.26. The van der Waals surface area contributed by atoms with E-state index in [0.717, 1.165) is 5.56 Å². The molecule has 0 spiro atoms. The number of hydrogen-bond donors (Lipinski definition) is 2. The normalized spacial score (nSPS) is 20.9. The Morgan fingerprint density at radius 1 is 1.21 bits per heavy atom. The molecule has 0 saturated carbocycles. The monoisotopic (exact) mass is 381 g/mol. The molecule has 0 bridgehead atoms. The van der Waals surface area contributed by atoms with Crippen LogP contribution in [0.4, 0.5) is 0 Å². The zero-order chi connectivity index (χ0) is 20.0. The molecule has 0 aliphatic carbocycles. The van der Waals surface area contributed by atoms with E-state index in [0.29, 0.717) is 24.3 Å². The van der Waals surface area contributed by atoms with Crippen molar-refractivity contribution < 1.29 is 24.5 Å². The summed E-state index contributed by atoms with van der Waals surface area (Å²) in [5.41, 5.74) is -0.0496. The van der Waals surface area contributed by atoms with Crippen molar-refractivity contribution in [2.24, 2.45) is 4.99 Å². The molecule has 2 aromatic rings. The number of rotatable bonds is 9. The number of nitrogens with zero attached hydrogens (tertiary/aromatic N) is 1. The summed E-state index contributed by atoms with van der Waals surface area (Å²) in [7, 11) is 0. The van der Waals surface area contributed by atoms with Crippen LogP contribution in [0.2, 0.25) is 0 Å². The fourth-order valence-corrected chi connectivity index (χ4v) is 3.15. The summed E-state index contributed by atoms with van der Waals surface area (Å²) in [4.78, 5) is 16.7. The summed E-state index contributed by atoms with van der Waals surface area (Å²) in [6.45, 7) is 4.20. The number of aliphatic carboxylic acids is 1. The second kappa shape index (κ2) is 8.71. The van der Waals surface area contributed by atoms with Crippen LogP contribution in [-0.4, -0.2) is 40.8 Å². The number of aliphatic hydroxyl groups is 1. The second-order valence-corrected chi connectivity index (χ2v) is 6.50. The Kier molecular flexibility index (Phi) is 6.11. The van der Waals surface area contributed by atoms with Crippen molar-refractivity contribution >= 4 is 11.9 Å². The van der Waals surface area contributed by atoms with Crippen LogP contribution in [0.25, 0.3) is 0 Å². The molecule has 3 rings (SSSR count). The Morgan fingerprint density at radius 2 is 1.93 bits per heavy atom. The smallest absolute Gasteiger partial charge is 0.336 e. The fourth-order valence-electron chi connectivity index (χ4n) is 3.15. The van der Waals surface area contributed by atoms with Crippen LogP contribution in [0.5, 0.6) is 5.75 Å². The first-order valence-corrected chi connectivity index (χ1v) is 9.10. The summed E-state index contributed by atoms with van der Waals surface area (Å²) < 4.78 is 11.6. The summed E-state index contributed by atoms with van der Waals surface area (Å²) in [5.74, 6) is -0.119. The van der Waals surface area contributed by atoms with Gasteiger partial charge in [0.1, 0.15) is 5.75 Å². The van der Waals surface area contributed by atoms with E-state index in [4.69, 9.17) is 14.6 Å². The SMILES string of the molecule is C=CC[C@]1(C(=O)O)N=C(c2ccc(OCCCO)cc2)O[C@H]1c1ccccc1. The Labute approximate surface area is 163 Å². The van der Waals surface area contributed by atoms with E-state index in [2.05, 4.69) is 11.6 Å². The van der Waals surface area contributed by atoms with Gasteiger partial charge in [-0.2, -0.15) is 0 Å². The van der Waals surface area contributed by atoms with Gasteiger partial charge in [-0.25, -0.2) is 9.79 Å². The third-order valence-electron chi connectivity index (χ3n) is 4.56. The van der Waals surface area contributed by atoms with Crippen LogP contribution in [0.3, 0.4) is 0 Å². The van der Waals surface area contributed by atoms with E-state index < -0.39 is 17.6 Å². The summed E-state index contributed by atoms with van der Waals surface area (Å²) in [6.07, 6.45) is 1.50. The molecular weight excluding hydrogens is 358 g/mol. The molecule has 28 heavy (non-hydrogen) atoms. The first-order valence-electron chi connectivity index (χ1n) is 9.10. The highest BCUT2D eigenvalue weighted by Crippen LogP contribution is 2.42. The number of carbonyl (C=O) groups is 1. The maximum absolute atomic E-state index is 12.2. The molecule has 2 atom stereocenters. The van der Waals surface area contributed by atoms with E-state index in [1.165, 1.54) is 0 Å². The fraction of sp³-hybridized carbons (Fsp3) is 0.273. The van der Waals surface area contributed by atoms with Gasteiger partial charge in [-0.15, -0.1) is 6.58 Å². The van der Waals surface area contributed by atoms with Gasteiger partial charge in [-0.1, -0.05) is 36.4 Å². The third-order valence-corrected chi connectivity index (χ3v) is 4.56. The Hall–Kier alpha value is -3.12. The molecule has 1 aliphatic rings. The van der Waals surface area contributed by atoms with Gasteiger partial charge in [0, 0.05) is 25.0 Å². The third kappa shape index (κ3) is 3.92. The van der Waals surface area contributed by atoms with Crippen molar-refractivity contribution in [2.45, 2.75) is 24.5 Å². The lowest BCUT2D eigenvalue weighted by molar-refractivity contribution is -0.146. The van der Waals surface area contributed by atoms with Crippen molar-refractivity contribution in [1.29, 1.82) is 0 Å². The lowest BCUT2D eigenvalue weighted by atomic mass is 9.85. The quantitative estimate of drug-likeness (QED) is 0.514. The van der Waals surface area contributed by atoms with Gasteiger partial charge in [-0.05, 0) is 29.8 Å². The van der Waals surface area contributed by atoms with Crippen molar-refractivity contribution in [2.75, 3.05) is 13.2 Å². The average molecular weight is 381 g/mol. The van der Waals surface area contributed by atoms with E-state index in [-0.39, 0.29) is 18.9 Å². The maximum atomic E-state index is 12.2. The minimum absolute atomic E-state index is 0.0736. The standard InChI is InChI=1S/C22H23NO5/c1-2-13-22(21(25)26)19(16-7-4-3-5-8-16)28-20(23-22)17-9-11-18(12-10-17)27-15-6-14-24/h2-5,7-12,19,24H,1,6,13-15H2,(H,25,26)/t19-,22-/m0/s1. The molecule has 1 aliphatic heterocycles. The van der Waals surface area contributed by atoms with Crippen LogP contribution in [0, 0.1) is 0 Å². The zero-order valence-electron chi connectivity index (χ0n) is 15.5. The molecule has 0 saturated heterocycles. The van der Waals surface area contributed by atoms with Gasteiger partial charge in [0.2, 0.25) is 11.4 Å². The van der Waals surface area contributed by atoms with E-state index in [1.807, 2.05) is 30.3 Å². The molecule has 146 valence electrons. The Morgan fingerprint density at radius 3 is 2.54 bits per heavy atom. The summed E-state index contributed by atoms with van der Waals surface area (Å²) in [6, 6.07) is 16.3. The number of carboxylic acid groups (broad SMARTS) is 1. The Bertz CT molecular complexity index is 847. The minimum atomic E-state index is -1.46. The average Bonchev–Trinajstić information content (AvgIpc) is 3.11. The summed E-state index contributed by atoms with van der Waals surface area (Å²) >= 11 is 0. The maximum Gasteiger partial charge on any atom is 0.336 e. The highest BCUT2D eigenvalue weighted by atomic mass is 16.5. The van der Waals surface area contributed by atoms with Crippen molar-refractivity contribution in [1.82, 2.24) is 0 Å². The lowest BCUT2D eigenvalue weighted by Crippen LogP contribution is -2.40. The van der Waals surface area contributed by atoms with E-state index in [1.54, 1.807) is 30.3 Å². The van der Waals surface area contributed by atoms with Crippen molar-refractivity contribution in [3.05, 3.63) is 78.4 Å². The van der Waals surface area contributed by atoms with Crippen molar-refractivity contribution in [3.8, 4) is 5.75 Å². The van der Waals surface area contributed by atoms with Crippen LogP contribution in [-0.2, 0) is 9.53 Å². The number of ether oxygens (including phenoxy) is 2. The molecule has 0 radical (unpaired) electrons. The molecular formula is C22H23NO5. The molecule has 2 aromatic carbocycles. The molecule has 6 nitrogen and oxygen atoms in total. The predicted molar refractivity (Wildman–Crippen MR) is 106 cm³/mol. The minimum Gasteiger partial charge on any atom is -0.494 e. The predicted octanol–water partition coefficient (Wildman–Crippen LogP) is 3.37. The van der Waals surface area contributed by atoms with Crippen LogP contribution < -0.4 is 4.74 Å². The molecule has 2 N–H and O–H groups in total. The summed E-state index contributed by atoms with van der Waals surface area (Å²) in [5, 5.41) is 18.8. The van der Waals surface area contributed by atoms with Crippen molar-refractivity contribution in [3.63, 3.8) is 0 Å². The molecule has 1 heterocycles. The van der Waals surface area contributed by atoms with Gasteiger partial charge in [0.05, 0.1) is 6.61 Å². The highest BCUT2D eigenvalue weighted by Gasteiger charge is 2.52. The van der Waals surface area contributed by atoms with E-state index >= 15 is 0 Å². The van der Waals surface area contributed by atoms with Crippen LogP contribution in [0.15, 0.2) is 72.2 Å². The van der Waals surface area contributed by atoms with Gasteiger partial charge in [0.25, 0.3) is 0 Å². The molecule has 0 amide bonds. The topological polar surface area (TPSA) is 88.4 Å². The van der Waals surface area contributed by atoms with E-state index in [9.17, 15) is 9.90 Å². The van der Waals surface area contributed by atoms with Gasteiger partial charge in [0.15, 0.2) is 6.10 Å². The zero-order valence-corrected chi connectivity index (χ0v) is 15.5. The largest absolute Gasteiger partial charge is 0.494 e. The number of aliphatic imine (C=N–C) groups is 1.